The van der Waals surface area contributed by atoms with Gasteiger partial charge in [-0.25, -0.2) is 0 Å². The second kappa shape index (κ2) is 5.80. The van der Waals surface area contributed by atoms with Crippen molar-refractivity contribution in [2.45, 2.75) is 52.1 Å². The van der Waals surface area contributed by atoms with E-state index < -0.39 is 0 Å². The maximum atomic E-state index is 4.00. The van der Waals surface area contributed by atoms with Crippen molar-refractivity contribution in [3.8, 4) is 0 Å². The Balaban J connectivity index is 2.04. The van der Waals surface area contributed by atoms with Crippen LogP contribution in [0, 0.1) is 0 Å². The van der Waals surface area contributed by atoms with E-state index in [4.69, 9.17) is 0 Å². The number of rotatable bonds is 4. The maximum Gasteiger partial charge on any atom is 0.0534 e. The second-order valence-corrected chi connectivity index (χ2v) is 6.51. The largest absolute Gasteiger partial charge is 0.304 e. The highest BCUT2D eigenvalue weighted by Crippen LogP contribution is 2.25. The van der Waals surface area contributed by atoms with Crippen molar-refractivity contribution in [1.82, 2.24) is 15.5 Å². The van der Waals surface area contributed by atoms with Crippen LogP contribution in [0.5, 0.6) is 0 Å². The molecule has 2 rings (SSSR count). The molecule has 1 heterocycles. The first kappa shape index (κ1) is 14.8. The van der Waals surface area contributed by atoms with Gasteiger partial charge >= 0.3 is 0 Å². The van der Waals surface area contributed by atoms with Crippen LogP contribution in [0.3, 0.4) is 0 Å². The Labute approximate surface area is 121 Å². The summed E-state index contributed by atoms with van der Waals surface area (Å²) in [7, 11) is 0. The summed E-state index contributed by atoms with van der Waals surface area (Å²) in [4.78, 5) is 0. The minimum Gasteiger partial charge on any atom is -0.304 e. The standard InChI is InChI=1S/C17H25N3/c1-12(20-13(2)15-10-18-19-11-15)14-6-8-16(9-7-14)17(3,4)5/h6-13,20H,1-5H3,(H,18,19). The van der Waals surface area contributed by atoms with Gasteiger partial charge < -0.3 is 5.32 Å². The van der Waals surface area contributed by atoms with Crippen molar-refractivity contribution >= 4 is 0 Å². The molecule has 2 N–H and O–H groups in total. The Kier molecular flexibility index (Phi) is 4.29. The predicted molar refractivity (Wildman–Crippen MR) is 83.7 cm³/mol. The number of nitrogens with zero attached hydrogens (tertiary/aromatic N) is 1. The third-order valence-electron chi connectivity index (χ3n) is 3.80. The Hall–Kier alpha value is -1.61. The molecule has 0 saturated carbocycles. The van der Waals surface area contributed by atoms with E-state index >= 15 is 0 Å². The molecule has 0 aliphatic carbocycles. The van der Waals surface area contributed by atoms with Crippen molar-refractivity contribution in [3.05, 3.63) is 53.3 Å². The zero-order valence-corrected chi connectivity index (χ0v) is 13.1. The molecular weight excluding hydrogens is 246 g/mol. The van der Waals surface area contributed by atoms with E-state index in [1.807, 2.05) is 12.4 Å². The molecule has 0 aliphatic heterocycles. The monoisotopic (exact) mass is 271 g/mol. The highest BCUT2D eigenvalue weighted by Gasteiger charge is 2.15. The number of aromatic nitrogens is 2. The summed E-state index contributed by atoms with van der Waals surface area (Å²) in [5, 5.41) is 10.5. The second-order valence-electron chi connectivity index (χ2n) is 6.51. The lowest BCUT2D eigenvalue weighted by Gasteiger charge is -2.22. The van der Waals surface area contributed by atoms with E-state index in [-0.39, 0.29) is 11.5 Å². The van der Waals surface area contributed by atoms with Crippen LogP contribution < -0.4 is 5.32 Å². The molecule has 0 aliphatic rings. The van der Waals surface area contributed by atoms with Crippen LogP contribution in [-0.4, -0.2) is 10.2 Å². The van der Waals surface area contributed by atoms with Crippen LogP contribution in [0.15, 0.2) is 36.7 Å². The molecule has 1 aromatic heterocycles. The quantitative estimate of drug-likeness (QED) is 0.878. The van der Waals surface area contributed by atoms with Crippen molar-refractivity contribution in [1.29, 1.82) is 0 Å². The van der Waals surface area contributed by atoms with E-state index in [1.54, 1.807) is 0 Å². The molecule has 2 atom stereocenters. The van der Waals surface area contributed by atoms with Crippen LogP contribution in [0.4, 0.5) is 0 Å². The molecular formula is C17H25N3. The fourth-order valence-corrected chi connectivity index (χ4v) is 2.34. The lowest BCUT2D eigenvalue weighted by Crippen LogP contribution is -2.22. The fraction of sp³-hybridized carbons (Fsp3) is 0.471. The summed E-state index contributed by atoms with van der Waals surface area (Å²) < 4.78 is 0. The fourth-order valence-electron chi connectivity index (χ4n) is 2.34. The van der Waals surface area contributed by atoms with Gasteiger partial charge in [-0.1, -0.05) is 45.0 Å². The maximum absolute atomic E-state index is 4.00. The zero-order valence-electron chi connectivity index (χ0n) is 13.1. The first-order chi connectivity index (χ1) is 9.38. The van der Waals surface area contributed by atoms with Gasteiger partial charge in [-0.15, -0.1) is 0 Å². The van der Waals surface area contributed by atoms with E-state index in [0.29, 0.717) is 6.04 Å². The molecule has 20 heavy (non-hydrogen) atoms. The van der Waals surface area contributed by atoms with Crippen LogP contribution in [0.2, 0.25) is 0 Å². The lowest BCUT2D eigenvalue weighted by molar-refractivity contribution is 0.494. The summed E-state index contributed by atoms with van der Waals surface area (Å²) >= 11 is 0. The van der Waals surface area contributed by atoms with Crippen LogP contribution in [0.1, 0.15) is 63.4 Å². The van der Waals surface area contributed by atoms with Gasteiger partial charge in [0.05, 0.1) is 6.20 Å². The predicted octanol–water partition coefficient (Wildman–Crippen LogP) is 4.12. The average Bonchev–Trinajstić information content (AvgIpc) is 2.91. The van der Waals surface area contributed by atoms with Gasteiger partial charge in [0.1, 0.15) is 0 Å². The first-order valence-corrected chi connectivity index (χ1v) is 7.23. The Morgan fingerprint density at radius 3 is 2.10 bits per heavy atom. The zero-order chi connectivity index (χ0) is 14.8. The highest BCUT2D eigenvalue weighted by atomic mass is 15.1. The average molecular weight is 271 g/mol. The van der Waals surface area contributed by atoms with Crippen LogP contribution in [0.25, 0.3) is 0 Å². The third-order valence-corrected chi connectivity index (χ3v) is 3.80. The Morgan fingerprint density at radius 1 is 1.00 bits per heavy atom. The van der Waals surface area contributed by atoms with Crippen molar-refractivity contribution < 1.29 is 0 Å². The Morgan fingerprint density at radius 2 is 1.60 bits per heavy atom. The van der Waals surface area contributed by atoms with E-state index in [1.165, 1.54) is 16.7 Å². The SMILES string of the molecule is CC(NC(C)c1cn[nH]c1)c1ccc(C(C)(C)C)cc1. The van der Waals surface area contributed by atoms with Gasteiger partial charge in [-0.2, -0.15) is 5.10 Å². The molecule has 2 aromatic rings. The molecule has 0 spiro atoms. The molecule has 1 aromatic carbocycles. The van der Waals surface area contributed by atoms with Gasteiger partial charge in [0.2, 0.25) is 0 Å². The van der Waals surface area contributed by atoms with E-state index in [9.17, 15) is 0 Å². The molecule has 2 unspecified atom stereocenters. The summed E-state index contributed by atoms with van der Waals surface area (Å²) in [5.74, 6) is 0. The van der Waals surface area contributed by atoms with Crippen LogP contribution in [-0.2, 0) is 5.41 Å². The van der Waals surface area contributed by atoms with Crippen LogP contribution >= 0.6 is 0 Å². The lowest BCUT2D eigenvalue weighted by atomic mass is 9.86. The number of aromatic amines is 1. The van der Waals surface area contributed by atoms with E-state index in [0.717, 1.165) is 0 Å². The van der Waals surface area contributed by atoms with Gasteiger partial charge in [-0.05, 0) is 30.4 Å². The third kappa shape index (κ3) is 3.48. The van der Waals surface area contributed by atoms with Crippen molar-refractivity contribution in [2.75, 3.05) is 0 Å². The smallest absolute Gasteiger partial charge is 0.0534 e. The molecule has 0 saturated heterocycles. The number of H-pyrrole nitrogens is 1. The summed E-state index contributed by atoms with van der Waals surface area (Å²) in [6, 6.07) is 9.51. The first-order valence-electron chi connectivity index (χ1n) is 7.23. The highest BCUT2D eigenvalue weighted by molar-refractivity contribution is 5.29. The number of hydrogen-bond acceptors (Lipinski definition) is 2. The number of benzene rings is 1. The summed E-state index contributed by atoms with van der Waals surface area (Å²) in [5.41, 5.74) is 4.08. The molecule has 3 heteroatoms. The van der Waals surface area contributed by atoms with E-state index in [2.05, 4.69) is 74.4 Å². The van der Waals surface area contributed by atoms with Gasteiger partial charge in [0, 0.05) is 23.8 Å². The minimum absolute atomic E-state index is 0.208. The van der Waals surface area contributed by atoms with Crippen molar-refractivity contribution in [2.24, 2.45) is 0 Å². The molecule has 0 radical (unpaired) electrons. The van der Waals surface area contributed by atoms with Crippen molar-refractivity contribution in [3.63, 3.8) is 0 Å². The summed E-state index contributed by atoms with van der Waals surface area (Å²) in [6.45, 7) is 11.1. The topological polar surface area (TPSA) is 40.7 Å². The van der Waals surface area contributed by atoms with Gasteiger partial charge in [-0.3, -0.25) is 5.10 Å². The molecule has 0 bridgehead atoms. The minimum atomic E-state index is 0.208. The number of nitrogens with one attached hydrogen (secondary N) is 2. The molecule has 3 nitrogen and oxygen atoms in total. The molecule has 0 fully saturated rings. The number of hydrogen-bond donors (Lipinski definition) is 2. The Bertz CT molecular complexity index is 520. The molecule has 0 amide bonds. The van der Waals surface area contributed by atoms with Gasteiger partial charge in [0.25, 0.3) is 0 Å². The summed E-state index contributed by atoms with van der Waals surface area (Å²) in [6.07, 6.45) is 3.81. The normalized spacial score (nSPS) is 15.1. The van der Waals surface area contributed by atoms with Gasteiger partial charge in [0.15, 0.2) is 0 Å². The molecule has 108 valence electrons.